The number of carbonyl (C=O) groups is 1. The van der Waals surface area contributed by atoms with Gasteiger partial charge in [-0.15, -0.1) is 11.3 Å². The third kappa shape index (κ3) is 5.11. The van der Waals surface area contributed by atoms with Crippen molar-refractivity contribution in [1.29, 1.82) is 0 Å². The SMILES string of the molecule is O=C(C(=Nc1ccc(F)c(Br)c1)NO)C1CCN(c2nc(C(F)(F)F)cs2)CC1. The first-order chi connectivity index (χ1) is 13.7. The lowest BCUT2D eigenvalue weighted by atomic mass is 9.92. The number of aromatic nitrogens is 1. The Morgan fingerprint density at radius 2 is 2.03 bits per heavy atom. The van der Waals surface area contributed by atoms with Gasteiger partial charge < -0.3 is 4.90 Å². The van der Waals surface area contributed by atoms with Crippen LogP contribution in [-0.2, 0) is 11.0 Å². The van der Waals surface area contributed by atoms with Gasteiger partial charge in [0.1, 0.15) is 5.82 Å². The molecule has 0 radical (unpaired) electrons. The number of piperidine rings is 1. The second kappa shape index (κ2) is 8.76. The highest BCUT2D eigenvalue weighted by Crippen LogP contribution is 2.34. The zero-order valence-corrected chi connectivity index (χ0v) is 17.1. The Morgan fingerprint density at radius 1 is 1.34 bits per heavy atom. The largest absolute Gasteiger partial charge is 0.434 e. The monoisotopic (exact) mass is 494 g/mol. The molecule has 2 aromatic rings. The Bertz CT molecular complexity index is 926. The highest BCUT2D eigenvalue weighted by molar-refractivity contribution is 9.10. The Hall–Kier alpha value is -2.05. The van der Waals surface area contributed by atoms with Gasteiger partial charge in [0.25, 0.3) is 0 Å². The van der Waals surface area contributed by atoms with Crippen LogP contribution in [0.15, 0.2) is 33.0 Å². The van der Waals surface area contributed by atoms with Crippen molar-refractivity contribution in [3.8, 4) is 0 Å². The van der Waals surface area contributed by atoms with E-state index in [2.05, 4.69) is 25.9 Å². The first kappa shape index (κ1) is 21.7. The van der Waals surface area contributed by atoms with Crippen LogP contribution in [-0.4, -0.2) is 34.9 Å². The second-order valence-corrected chi connectivity index (χ2v) is 8.00. The summed E-state index contributed by atoms with van der Waals surface area (Å²) in [6, 6.07) is 3.89. The van der Waals surface area contributed by atoms with Crippen LogP contribution >= 0.6 is 27.3 Å². The molecular formula is C17H15BrF4N4O2S. The van der Waals surface area contributed by atoms with Gasteiger partial charge in [-0.1, -0.05) is 0 Å². The van der Waals surface area contributed by atoms with Gasteiger partial charge in [-0.2, -0.15) is 13.2 Å². The first-order valence-electron chi connectivity index (χ1n) is 8.44. The number of aliphatic imine (C=N–C) groups is 1. The second-order valence-electron chi connectivity index (χ2n) is 6.31. The number of hydrogen-bond donors (Lipinski definition) is 2. The molecule has 1 fully saturated rings. The number of rotatable bonds is 4. The van der Waals surface area contributed by atoms with Crippen molar-refractivity contribution in [1.82, 2.24) is 10.5 Å². The fourth-order valence-corrected chi connectivity index (χ4v) is 4.14. The number of hydrogen-bond acceptors (Lipinski definition) is 6. The summed E-state index contributed by atoms with van der Waals surface area (Å²) in [7, 11) is 0. The fourth-order valence-electron chi connectivity index (χ4n) is 2.88. The Kier molecular flexibility index (Phi) is 6.54. The lowest BCUT2D eigenvalue weighted by molar-refractivity contribution is -0.140. The van der Waals surface area contributed by atoms with Crippen molar-refractivity contribution in [2.24, 2.45) is 10.9 Å². The topological polar surface area (TPSA) is 77.8 Å². The third-order valence-electron chi connectivity index (χ3n) is 4.40. The van der Waals surface area contributed by atoms with Crippen molar-refractivity contribution >= 4 is 49.7 Å². The molecule has 0 aliphatic carbocycles. The van der Waals surface area contributed by atoms with E-state index in [1.54, 1.807) is 10.4 Å². The number of alkyl halides is 3. The van der Waals surface area contributed by atoms with E-state index in [-0.39, 0.29) is 21.1 Å². The van der Waals surface area contributed by atoms with Crippen molar-refractivity contribution in [2.45, 2.75) is 19.0 Å². The van der Waals surface area contributed by atoms with E-state index >= 15 is 0 Å². The van der Waals surface area contributed by atoms with Crippen molar-refractivity contribution < 1.29 is 27.6 Å². The Morgan fingerprint density at radius 3 is 2.59 bits per heavy atom. The number of ketones is 1. The molecule has 1 saturated heterocycles. The summed E-state index contributed by atoms with van der Waals surface area (Å²) in [6.45, 7) is 0.698. The molecule has 0 spiro atoms. The summed E-state index contributed by atoms with van der Waals surface area (Å²) in [5.41, 5.74) is 1.12. The molecule has 12 heteroatoms. The van der Waals surface area contributed by atoms with Crippen LogP contribution < -0.4 is 10.4 Å². The lowest BCUT2D eigenvalue weighted by Crippen LogP contribution is -2.41. The summed E-state index contributed by atoms with van der Waals surface area (Å²) in [6.07, 6.45) is -3.75. The number of thiazole rings is 1. The number of benzene rings is 1. The van der Waals surface area contributed by atoms with Crippen molar-refractivity contribution in [3.05, 3.63) is 39.6 Å². The molecular weight excluding hydrogens is 480 g/mol. The fraction of sp³-hybridized carbons (Fsp3) is 0.353. The number of amidine groups is 1. The molecule has 0 saturated carbocycles. The van der Waals surface area contributed by atoms with Crippen LogP contribution in [0.4, 0.5) is 28.4 Å². The van der Waals surface area contributed by atoms with Crippen LogP contribution in [0.1, 0.15) is 18.5 Å². The van der Waals surface area contributed by atoms with Gasteiger partial charge in [0.05, 0.1) is 10.2 Å². The predicted octanol–water partition coefficient (Wildman–Crippen LogP) is 4.56. The van der Waals surface area contributed by atoms with E-state index in [0.29, 0.717) is 25.9 Å². The number of halogens is 5. The maximum atomic E-state index is 13.3. The number of nitrogens with zero attached hydrogens (tertiary/aromatic N) is 3. The summed E-state index contributed by atoms with van der Waals surface area (Å²) >= 11 is 3.93. The lowest BCUT2D eigenvalue weighted by Gasteiger charge is -2.31. The molecule has 1 aliphatic rings. The van der Waals surface area contributed by atoms with Gasteiger partial charge in [0.2, 0.25) is 5.78 Å². The van der Waals surface area contributed by atoms with Gasteiger partial charge in [0.15, 0.2) is 16.7 Å². The van der Waals surface area contributed by atoms with E-state index in [9.17, 15) is 27.6 Å². The summed E-state index contributed by atoms with van der Waals surface area (Å²) in [5, 5.41) is 10.5. The van der Waals surface area contributed by atoms with Crippen LogP contribution in [0, 0.1) is 11.7 Å². The van der Waals surface area contributed by atoms with Crippen molar-refractivity contribution in [2.75, 3.05) is 18.0 Å². The molecule has 1 aromatic carbocycles. The minimum absolute atomic E-state index is 0.165. The van der Waals surface area contributed by atoms with Gasteiger partial charge in [-0.25, -0.2) is 19.8 Å². The van der Waals surface area contributed by atoms with Gasteiger partial charge >= 0.3 is 6.18 Å². The summed E-state index contributed by atoms with van der Waals surface area (Å²) in [4.78, 5) is 22.0. The molecule has 6 nitrogen and oxygen atoms in total. The van der Waals surface area contributed by atoms with E-state index in [0.717, 1.165) is 16.7 Å². The van der Waals surface area contributed by atoms with E-state index in [1.165, 1.54) is 18.2 Å². The predicted molar refractivity (Wildman–Crippen MR) is 103 cm³/mol. The summed E-state index contributed by atoms with van der Waals surface area (Å²) < 4.78 is 51.6. The minimum Gasteiger partial charge on any atom is -0.348 e. The molecule has 0 atom stereocenters. The Balaban J connectivity index is 1.66. The summed E-state index contributed by atoms with van der Waals surface area (Å²) in [5.74, 6) is -1.66. The molecule has 29 heavy (non-hydrogen) atoms. The Labute approximate surface area is 175 Å². The number of anilines is 1. The van der Waals surface area contributed by atoms with Crippen LogP contribution in [0.3, 0.4) is 0 Å². The zero-order valence-electron chi connectivity index (χ0n) is 14.7. The van der Waals surface area contributed by atoms with Gasteiger partial charge in [0, 0.05) is 24.4 Å². The standard InChI is InChI=1S/C17H15BrF4N4O2S/c18-11-7-10(1-2-12(11)19)23-15(25-28)14(27)9-3-5-26(6-4-9)16-24-13(8-29-16)17(20,21)22/h1-2,7-9,28H,3-6H2,(H,23,25). The maximum absolute atomic E-state index is 13.3. The van der Waals surface area contributed by atoms with Crippen LogP contribution in [0.5, 0.6) is 0 Å². The smallest absolute Gasteiger partial charge is 0.348 e. The molecule has 1 aromatic heterocycles. The van der Waals surface area contributed by atoms with Gasteiger partial charge in [-0.3, -0.25) is 10.0 Å². The molecule has 2 N–H and O–H groups in total. The van der Waals surface area contributed by atoms with E-state index in [1.807, 2.05) is 0 Å². The number of carbonyl (C=O) groups excluding carboxylic acids is 1. The highest BCUT2D eigenvalue weighted by Gasteiger charge is 2.35. The third-order valence-corrected chi connectivity index (χ3v) is 5.91. The average molecular weight is 495 g/mol. The number of Topliss-reactive ketones (excluding diaryl/α,β-unsaturated/α-hetero) is 1. The van der Waals surface area contributed by atoms with Gasteiger partial charge in [-0.05, 0) is 47.0 Å². The van der Waals surface area contributed by atoms with Crippen molar-refractivity contribution in [3.63, 3.8) is 0 Å². The quantitative estimate of drug-likeness (QED) is 0.282. The average Bonchev–Trinajstić information content (AvgIpc) is 3.19. The van der Waals surface area contributed by atoms with E-state index in [4.69, 9.17) is 0 Å². The maximum Gasteiger partial charge on any atom is 0.434 e. The first-order valence-corrected chi connectivity index (χ1v) is 10.1. The zero-order chi connectivity index (χ0) is 21.2. The molecule has 0 amide bonds. The molecule has 0 unspecified atom stereocenters. The molecule has 2 heterocycles. The molecule has 3 rings (SSSR count). The molecule has 156 valence electrons. The number of nitrogens with one attached hydrogen (secondary N) is 1. The minimum atomic E-state index is -4.49. The normalized spacial score (nSPS) is 16.2. The van der Waals surface area contributed by atoms with E-state index < -0.39 is 29.4 Å². The van der Waals surface area contributed by atoms with Crippen LogP contribution in [0.2, 0.25) is 0 Å². The molecule has 0 bridgehead atoms. The van der Waals surface area contributed by atoms with Crippen LogP contribution in [0.25, 0.3) is 0 Å². The molecule has 1 aliphatic heterocycles. The highest BCUT2D eigenvalue weighted by atomic mass is 79.9. The number of hydroxylamine groups is 1.